The fourth-order valence-electron chi connectivity index (χ4n) is 2.44. The Kier molecular flexibility index (Phi) is 7.56. The highest BCUT2D eigenvalue weighted by molar-refractivity contribution is 5.91. The molecule has 0 atom stereocenters. The molecule has 7 nitrogen and oxygen atoms in total. The van der Waals surface area contributed by atoms with E-state index in [1.807, 2.05) is 20.8 Å². The lowest BCUT2D eigenvalue weighted by Crippen LogP contribution is -2.42. The number of hydrogen-bond donors (Lipinski definition) is 3. The molecular weight excluding hydrogens is 332 g/mol. The lowest BCUT2D eigenvalue weighted by Gasteiger charge is -2.29. The quantitative estimate of drug-likeness (QED) is 0.482. The van der Waals surface area contributed by atoms with Crippen molar-refractivity contribution in [1.29, 1.82) is 0 Å². The molecule has 0 spiro atoms. The first-order chi connectivity index (χ1) is 12.0. The summed E-state index contributed by atoms with van der Waals surface area (Å²) in [6.07, 6.45) is 5.78. The minimum atomic E-state index is -0.501. The largest absolute Gasteiger partial charge is 0.351 e. The number of H-pyrrole nitrogens is 1. The number of hydrogen-bond acceptors (Lipinski definition) is 4. The molecule has 1 amide bonds. The van der Waals surface area contributed by atoms with E-state index in [0.717, 1.165) is 12.8 Å². The van der Waals surface area contributed by atoms with E-state index in [9.17, 15) is 14.4 Å². The topological polar surface area (TPSA) is 96.0 Å². The summed E-state index contributed by atoms with van der Waals surface area (Å²) in [5.74, 6) is -0.286. The SMILES string of the molecule is CCC(C)(CC)n1cc(/C=C/C(=O)NCCNC(C)(C)C)c(=O)[nH]c1=O. The summed E-state index contributed by atoms with van der Waals surface area (Å²) >= 11 is 0. The fraction of sp³-hybridized carbons (Fsp3) is 0.632. The first-order valence-electron chi connectivity index (χ1n) is 9.10. The summed E-state index contributed by atoms with van der Waals surface area (Å²) in [7, 11) is 0. The standard InChI is InChI=1S/C19H32N4O3/c1-7-19(6,8-2)23-13-14(16(25)22-17(23)26)9-10-15(24)20-11-12-21-18(3,4)5/h9-10,13,21H,7-8,11-12H2,1-6H3,(H,20,24)(H,22,25,26)/b10-9+. The number of nitrogens with zero attached hydrogens (tertiary/aromatic N) is 1. The van der Waals surface area contributed by atoms with Gasteiger partial charge in [0.2, 0.25) is 5.91 Å². The lowest BCUT2D eigenvalue weighted by atomic mass is 9.95. The molecule has 0 saturated carbocycles. The van der Waals surface area contributed by atoms with E-state index in [-0.39, 0.29) is 22.5 Å². The van der Waals surface area contributed by atoms with Crippen LogP contribution in [0, 0.1) is 0 Å². The molecule has 1 aromatic rings. The van der Waals surface area contributed by atoms with Crippen molar-refractivity contribution in [2.24, 2.45) is 0 Å². The van der Waals surface area contributed by atoms with Crippen molar-refractivity contribution in [3.8, 4) is 0 Å². The normalized spacial score (nSPS) is 12.5. The van der Waals surface area contributed by atoms with Crippen molar-refractivity contribution >= 4 is 12.0 Å². The summed E-state index contributed by atoms with van der Waals surface area (Å²) in [5.41, 5.74) is -1.05. The number of aromatic nitrogens is 2. The number of nitrogens with one attached hydrogen (secondary N) is 3. The average molecular weight is 364 g/mol. The number of carbonyl (C=O) groups excluding carboxylic acids is 1. The van der Waals surface area contributed by atoms with E-state index in [2.05, 4.69) is 36.4 Å². The van der Waals surface area contributed by atoms with Crippen LogP contribution in [0.1, 0.15) is 59.9 Å². The van der Waals surface area contributed by atoms with Crippen LogP contribution < -0.4 is 21.9 Å². The molecule has 26 heavy (non-hydrogen) atoms. The second-order valence-corrected chi connectivity index (χ2v) is 7.72. The molecule has 1 heterocycles. The van der Waals surface area contributed by atoms with Crippen LogP contribution in [0.15, 0.2) is 21.9 Å². The van der Waals surface area contributed by atoms with Gasteiger partial charge in [0.25, 0.3) is 5.56 Å². The molecule has 7 heteroatoms. The monoisotopic (exact) mass is 364 g/mol. The van der Waals surface area contributed by atoms with Gasteiger partial charge in [0.15, 0.2) is 0 Å². The minimum absolute atomic E-state index is 0.00718. The van der Waals surface area contributed by atoms with Gasteiger partial charge in [-0.05, 0) is 46.6 Å². The van der Waals surface area contributed by atoms with Gasteiger partial charge >= 0.3 is 5.69 Å². The van der Waals surface area contributed by atoms with Crippen LogP contribution in [0.3, 0.4) is 0 Å². The Hall–Kier alpha value is -2.15. The molecule has 146 valence electrons. The van der Waals surface area contributed by atoms with Gasteiger partial charge in [-0.2, -0.15) is 0 Å². The third-order valence-electron chi connectivity index (χ3n) is 4.57. The summed E-state index contributed by atoms with van der Waals surface area (Å²) in [6.45, 7) is 13.3. The predicted molar refractivity (Wildman–Crippen MR) is 105 cm³/mol. The molecule has 0 saturated heterocycles. The van der Waals surface area contributed by atoms with Gasteiger partial charge in [-0.1, -0.05) is 13.8 Å². The molecule has 0 aromatic carbocycles. The van der Waals surface area contributed by atoms with Crippen molar-refractivity contribution in [2.75, 3.05) is 13.1 Å². The summed E-state index contributed by atoms with van der Waals surface area (Å²) in [4.78, 5) is 38.4. The van der Waals surface area contributed by atoms with Crippen molar-refractivity contribution < 1.29 is 4.79 Å². The molecule has 0 radical (unpaired) electrons. The summed E-state index contributed by atoms with van der Waals surface area (Å²) in [5, 5.41) is 6.03. The van der Waals surface area contributed by atoms with Gasteiger partial charge in [-0.25, -0.2) is 4.79 Å². The number of carbonyl (C=O) groups is 1. The van der Waals surface area contributed by atoms with E-state index in [1.54, 1.807) is 4.57 Å². The van der Waals surface area contributed by atoms with Gasteiger partial charge in [0, 0.05) is 36.4 Å². The number of rotatable bonds is 8. The zero-order valence-corrected chi connectivity index (χ0v) is 16.7. The number of amides is 1. The fourth-order valence-corrected chi connectivity index (χ4v) is 2.44. The van der Waals surface area contributed by atoms with Crippen LogP contribution in [0.4, 0.5) is 0 Å². The van der Waals surface area contributed by atoms with Crippen molar-refractivity contribution in [3.05, 3.63) is 38.7 Å². The van der Waals surface area contributed by atoms with Crippen LogP contribution in [0.25, 0.3) is 6.08 Å². The third-order valence-corrected chi connectivity index (χ3v) is 4.57. The number of aromatic amines is 1. The molecule has 1 rings (SSSR count). The molecular formula is C19H32N4O3. The second-order valence-electron chi connectivity index (χ2n) is 7.72. The zero-order valence-electron chi connectivity index (χ0n) is 16.7. The van der Waals surface area contributed by atoms with Crippen molar-refractivity contribution in [1.82, 2.24) is 20.2 Å². The molecule has 0 fully saturated rings. The first-order valence-corrected chi connectivity index (χ1v) is 9.10. The Morgan fingerprint density at radius 3 is 2.31 bits per heavy atom. The van der Waals surface area contributed by atoms with Crippen LogP contribution in [-0.4, -0.2) is 34.1 Å². The molecule has 0 bridgehead atoms. The first kappa shape index (κ1) is 21.9. The lowest BCUT2D eigenvalue weighted by molar-refractivity contribution is -0.116. The van der Waals surface area contributed by atoms with Gasteiger partial charge in [-0.3, -0.25) is 19.1 Å². The van der Waals surface area contributed by atoms with Crippen molar-refractivity contribution in [3.63, 3.8) is 0 Å². The van der Waals surface area contributed by atoms with E-state index >= 15 is 0 Å². The Balaban J connectivity index is 2.86. The van der Waals surface area contributed by atoms with Crippen molar-refractivity contribution in [2.45, 2.75) is 65.5 Å². The molecule has 0 aliphatic carbocycles. The maximum atomic E-state index is 12.1. The van der Waals surface area contributed by atoms with Gasteiger partial charge in [0.1, 0.15) is 0 Å². The Bertz CT molecular complexity index is 749. The van der Waals surface area contributed by atoms with Crippen LogP contribution in [0.5, 0.6) is 0 Å². The van der Waals surface area contributed by atoms with Gasteiger partial charge in [0.05, 0.1) is 5.56 Å². The van der Waals surface area contributed by atoms with E-state index in [0.29, 0.717) is 13.1 Å². The maximum Gasteiger partial charge on any atom is 0.328 e. The van der Waals surface area contributed by atoms with Crippen LogP contribution >= 0.6 is 0 Å². The molecule has 0 aliphatic heterocycles. The maximum absolute atomic E-state index is 12.1. The molecule has 3 N–H and O–H groups in total. The average Bonchev–Trinajstić information content (AvgIpc) is 2.56. The molecule has 1 aromatic heterocycles. The predicted octanol–water partition coefficient (Wildman–Crippen LogP) is 1.59. The van der Waals surface area contributed by atoms with E-state index < -0.39 is 11.2 Å². The highest BCUT2D eigenvalue weighted by Crippen LogP contribution is 2.22. The Labute approximate surface area is 154 Å². The van der Waals surface area contributed by atoms with E-state index in [4.69, 9.17) is 0 Å². The Morgan fingerprint density at radius 2 is 1.77 bits per heavy atom. The van der Waals surface area contributed by atoms with Gasteiger partial charge in [-0.15, -0.1) is 0 Å². The van der Waals surface area contributed by atoms with Crippen LogP contribution in [-0.2, 0) is 10.3 Å². The van der Waals surface area contributed by atoms with E-state index in [1.165, 1.54) is 18.3 Å². The smallest absolute Gasteiger partial charge is 0.328 e. The zero-order chi connectivity index (χ0) is 20.0. The molecule has 0 aliphatic rings. The summed E-state index contributed by atoms with van der Waals surface area (Å²) in [6, 6.07) is 0. The van der Waals surface area contributed by atoms with Crippen LogP contribution in [0.2, 0.25) is 0 Å². The second kappa shape index (κ2) is 8.98. The van der Waals surface area contributed by atoms with Gasteiger partial charge < -0.3 is 10.6 Å². The summed E-state index contributed by atoms with van der Waals surface area (Å²) < 4.78 is 1.54. The molecule has 0 unspecified atom stereocenters. The highest BCUT2D eigenvalue weighted by atomic mass is 16.2. The Morgan fingerprint density at radius 1 is 1.15 bits per heavy atom. The highest BCUT2D eigenvalue weighted by Gasteiger charge is 2.23. The minimum Gasteiger partial charge on any atom is -0.351 e. The third kappa shape index (κ3) is 6.29.